The highest BCUT2D eigenvalue weighted by Crippen LogP contribution is 2.26. The number of methoxy groups -OCH3 is 1. The molecule has 2 aromatic carbocycles. The Labute approximate surface area is 195 Å². The maximum atomic E-state index is 13.4. The van der Waals surface area contributed by atoms with Gasteiger partial charge in [0.05, 0.1) is 15.2 Å². The molecule has 2 aromatic rings. The van der Waals surface area contributed by atoms with Gasteiger partial charge in [0.1, 0.15) is 17.8 Å². The second-order valence-corrected chi connectivity index (χ2v) is 14.4. The van der Waals surface area contributed by atoms with Gasteiger partial charge in [0.15, 0.2) is 0 Å². The molecule has 0 spiro atoms. The average molecular weight is 466 g/mol. The lowest BCUT2D eigenvalue weighted by molar-refractivity contribution is -0.139. The van der Waals surface area contributed by atoms with E-state index in [1.807, 2.05) is 24.3 Å². The lowest BCUT2D eigenvalue weighted by Crippen LogP contribution is -2.47. The van der Waals surface area contributed by atoms with Crippen molar-refractivity contribution in [1.29, 1.82) is 0 Å². The Kier molecular flexibility index (Phi) is 7.07. The first-order valence-corrected chi connectivity index (χ1v) is 14.3. The fraction of sp³-hybridized carbons (Fsp3) is 0.320. The predicted octanol–water partition coefficient (Wildman–Crippen LogP) is 2.82. The van der Waals surface area contributed by atoms with Gasteiger partial charge < -0.3 is 20.3 Å². The second kappa shape index (κ2) is 9.62. The molecular formula is C25H31N3O4Si. The summed E-state index contributed by atoms with van der Waals surface area (Å²) in [6.07, 6.45) is 0.219. The van der Waals surface area contributed by atoms with Crippen molar-refractivity contribution in [2.24, 2.45) is 0 Å². The van der Waals surface area contributed by atoms with Crippen molar-refractivity contribution >= 4 is 36.7 Å². The molecule has 1 saturated heterocycles. The van der Waals surface area contributed by atoms with Crippen LogP contribution in [0.4, 0.5) is 5.69 Å². The minimum Gasteiger partial charge on any atom is -0.497 e. The molecule has 8 heteroatoms. The normalized spacial score (nSPS) is 16.7. The fourth-order valence-electron chi connectivity index (χ4n) is 3.77. The van der Waals surface area contributed by atoms with Crippen LogP contribution < -0.4 is 20.6 Å². The van der Waals surface area contributed by atoms with Gasteiger partial charge in [-0.25, -0.2) is 0 Å². The maximum Gasteiger partial charge on any atom is 0.251 e. The number of rotatable bonds is 7. The van der Waals surface area contributed by atoms with E-state index in [4.69, 9.17) is 4.74 Å². The van der Waals surface area contributed by atoms with Gasteiger partial charge in [-0.3, -0.25) is 14.4 Å². The number of hydrogen-bond acceptors (Lipinski definition) is 4. The monoisotopic (exact) mass is 465 g/mol. The first-order valence-electron chi connectivity index (χ1n) is 10.8. The van der Waals surface area contributed by atoms with Gasteiger partial charge in [0, 0.05) is 24.7 Å². The zero-order valence-corrected chi connectivity index (χ0v) is 20.8. The first-order chi connectivity index (χ1) is 15.5. The van der Waals surface area contributed by atoms with E-state index in [1.54, 1.807) is 38.4 Å². The molecule has 1 fully saturated rings. The standard InChI is InChI=1S/C25H31N3O4Si/c1-16-15-21(27-23(16)29)25(31)28(2)22(17-7-11-19(32-3)12-8-17)24(30)26-18-9-13-20(14-10-18)33(4,5)6/h7-14,21-22H,1,15H2,2-6H3,(H,26,30)(H,27,29). The molecule has 7 nitrogen and oxygen atoms in total. The Bertz CT molecular complexity index is 1040. The van der Waals surface area contributed by atoms with E-state index in [2.05, 4.69) is 36.9 Å². The molecule has 0 bridgehead atoms. The van der Waals surface area contributed by atoms with Gasteiger partial charge >= 0.3 is 0 Å². The van der Waals surface area contributed by atoms with Gasteiger partial charge in [-0.2, -0.15) is 0 Å². The van der Waals surface area contributed by atoms with E-state index in [9.17, 15) is 14.4 Å². The highest BCUT2D eigenvalue weighted by Gasteiger charge is 2.37. The smallest absolute Gasteiger partial charge is 0.251 e. The third kappa shape index (κ3) is 5.51. The molecule has 3 rings (SSSR count). The Balaban J connectivity index is 1.87. The lowest BCUT2D eigenvalue weighted by atomic mass is 10.0. The first kappa shape index (κ1) is 24.3. The summed E-state index contributed by atoms with van der Waals surface area (Å²) in [6, 6.07) is 13.2. The van der Waals surface area contributed by atoms with Crippen LogP contribution in [0.2, 0.25) is 19.6 Å². The van der Waals surface area contributed by atoms with Gasteiger partial charge in [-0.1, -0.05) is 55.7 Å². The van der Waals surface area contributed by atoms with Crippen molar-refractivity contribution in [1.82, 2.24) is 10.2 Å². The number of anilines is 1. The number of hydrogen-bond donors (Lipinski definition) is 2. The minimum atomic E-state index is -1.46. The van der Waals surface area contributed by atoms with Crippen molar-refractivity contribution < 1.29 is 19.1 Å². The highest BCUT2D eigenvalue weighted by atomic mass is 28.3. The van der Waals surface area contributed by atoms with Gasteiger partial charge in [-0.05, 0) is 29.8 Å². The zero-order valence-electron chi connectivity index (χ0n) is 19.8. The number of likely N-dealkylation sites (N-methyl/N-ethyl adjacent to an activating group) is 1. The predicted molar refractivity (Wildman–Crippen MR) is 132 cm³/mol. The van der Waals surface area contributed by atoms with Crippen LogP contribution in [0.1, 0.15) is 18.0 Å². The van der Waals surface area contributed by atoms with Crippen LogP contribution in [0.5, 0.6) is 5.75 Å². The van der Waals surface area contributed by atoms with Crippen LogP contribution >= 0.6 is 0 Å². The molecule has 0 radical (unpaired) electrons. The van der Waals surface area contributed by atoms with Crippen LogP contribution in [0.25, 0.3) is 0 Å². The van der Waals surface area contributed by atoms with Crippen molar-refractivity contribution in [3.8, 4) is 5.75 Å². The second-order valence-electron chi connectivity index (χ2n) is 9.28. The zero-order chi connectivity index (χ0) is 24.3. The molecule has 2 unspecified atom stereocenters. The average Bonchev–Trinajstić information content (AvgIpc) is 3.11. The lowest BCUT2D eigenvalue weighted by Gasteiger charge is -2.30. The number of amides is 3. The van der Waals surface area contributed by atoms with E-state index < -0.39 is 20.2 Å². The summed E-state index contributed by atoms with van der Waals surface area (Å²) in [4.78, 5) is 39.8. The molecule has 0 saturated carbocycles. The summed E-state index contributed by atoms with van der Waals surface area (Å²) < 4.78 is 5.22. The topological polar surface area (TPSA) is 87.7 Å². The van der Waals surface area contributed by atoms with Crippen molar-refractivity contribution in [2.75, 3.05) is 19.5 Å². The molecule has 3 amide bonds. The summed E-state index contributed by atoms with van der Waals surface area (Å²) in [5, 5.41) is 6.87. The highest BCUT2D eigenvalue weighted by molar-refractivity contribution is 6.88. The summed E-state index contributed by atoms with van der Waals surface area (Å²) in [6.45, 7) is 10.5. The third-order valence-corrected chi connectivity index (χ3v) is 7.87. The van der Waals surface area contributed by atoms with Crippen LogP contribution in [0.3, 0.4) is 0 Å². The van der Waals surface area contributed by atoms with Crippen LogP contribution in [-0.2, 0) is 14.4 Å². The Morgan fingerprint density at radius 1 is 1.12 bits per heavy atom. The molecular weight excluding hydrogens is 434 g/mol. The van der Waals surface area contributed by atoms with Gasteiger partial charge in [0.2, 0.25) is 11.8 Å². The Morgan fingerprint density at radius 2 is 1.73 bits per heavy atom. The van der Waals surface area contributed by atoms with Crippen molar-refractivity contribution in [3.63, 3.8) is 0 Å². The molecule has 0 aliphatic carbocycles. The molecule has 1 heterocycles. The number of carbonyl (C=O) groups is 3. The number of nitrogens with zero attached hydrogens (tertiary/aromatic N) is 1. The SMILES string of the molecule is C=C1CC(C(=O)N(C)C(C(=O)Nc2ccc([Si](C)(C)C)cc2)c2ccc(OC)cc2)NC1=O. The van der Waals surface area contributed by atoms with E-state index in [1.165, 1.54) is 10.1 Å². The van der Waals surface area contributed by atoms with Crippen molar-refractivity contribution in [3.05, 3.63) is 66.2 Å². The number of ether oxygens (including phenoxy) is 1. The maximum absolute atomic E-state index is 13.4. The minimum absolute atomic E-state index is 0.219. The molecule has 2 atom stereocenters. The molecule has 33 heavy (non-hydrogen) atoms. The summed E-state index contributed by atoms with van der Waals surface area (Å²) in [5.41, 5.74) is 1.64. The molecule has 1 aliphatic rings. The molecule has 0 aromatic heterocycles. The largest absolute Gasteiger partial charge is 0.497 e. The van der Waals surface area contributed by atoms with E-state index >= 15 is 0 Å². The summed E-state index contributed by atoms with van der Waals surface area (Å²) in [7, 11) is 1.67. The fourth-order valence-corrected chi connectivity index (χ4v) is 4.94. The van der Waals surface area contributed by atoms with Gasteiger partial charge in [0.25, 0.3) is 5.91 Å². The molecule has 2 N–H and O–H groups in total. The van der Waals surface area contributed by atoms with Crippen LogP contribution in [0.15, 0.2) is 60.7 Å². The Morgan fingerprint density at radius 3 is 2.21 bits per heavy atom. The van der Waals surface area contributed by atoms with E-state index in [-0.39, 0.29) is 24.1 Å². The number of carbonyl (C=O) groups excluding carboxylic acids is 3. The molecule has 1 aliphatic heterocycles. The third-order valence-electron chi connectivity index (χ3n) is 5.81. The van der Waals surface area contributed by atoms with E-state index in [0.29, 0.717) is 22.6 Å². The van der Waals surface area contributed by atoms with Gasteiger partial charge in [-0.15, -0.1) is 0 Å². The summed E-state index contributed by atoms with van der Waals surface area (Å²) in [5.74, 6) is -0.394. The van der Waals surface area contributed by atoms with Crippen LogP contribution in [-0.4, -0.2) is 50.9 Å². The van der Waals surface area contributed by atoms with Crippen LogP contribution in [0, 0.1) is 0 Å². The Hall–Kier alpha value is -3.39. The quantitative estimate of drug-likeness (QED) is 0.486. The van der Waals surface area contributed by atoms with Crippen molar-refractivity contribution in [2.45, 2.75) is 38.1 Å². The summed E-state index contributed by atoms with van der Waals surface area (Å²) >= 11 is 0. The molecule has 174 valence electrons. The number of benzene rings is 2. The van der Waals surface area contributed by atoms with E-state index in [0.717, 1.165) is 0 Å². The number of nitrogens with one attached hydrogen (secondary N) is 2.